The molecular weight excluding hydrogens is 232 g/mol. The largest absolute Gasteiger partial charge is 0.394 e. The van der Waals surface area contributed by atoms with Crippen LogP contribution in [0.1, 0.15) is 26.2 Å². The first kappa shape index (κ1) is 12.4. The number of carbonyl (C=O) groups excluding carboxylic acids is 1. The number of aliphatic hydroxyl groups excluding tert-OH is 1. The van der Waals surface area contributed by atoms with Gasteiger partial charge >= 0.3 is 0 Å². The number of hydrogen-bond acceptors (Lipinski definition) is 4. The Kier molecular flexibility index (Phi) is 3.30. The van der Waals surface area contributed by atoms with Crippen molar-refractivity contribution in [2.75, 3.05) is 19.8 Å². The van der Waals surface area contributed by atoms with Gasteiger partial charge in [0.05, 0.1) is 31.3 Å². The molecule has 3 heterocycles. The summed E-state index contributed by atoms with van der Waals surface area (Å²) >= 11 is 0. The van der Waals surface area contributed by atoms with Crippen LogP contribution in [0.5, 0.6) is 0 Å². The molecule has 0 aromatic carbocycles. The van der Waals surface area contributed by atoms with Crippen LogP contribution in [0.3, 0.4) is 0 Å². The summed E-state index contributed by atoms with van der Waals surface area (Å²) in [6, 6.07) is 1.05. The van der Waals surface area contributed by atoms with Gasteiger partial charge in [-0.05, 0) is 26.2 Å². The summed E-state index contributed by atoms with van der Waals surface area (Å²) < 4.78 is 5.48. The normalized spacial score (nSPS) is 43.4. The first-order valence-electron chi connectivity index (χ1n) is 6.98. The Hall–Kier alpha value is -0.650. The molecule has 3 aliphatic heterocycles. The number of morpholine rings is 1. The Bertz CT molecular complexity index is 336. The van der Waals surface area contributed by atoms with E-state index in [-0.39, 0.29) is 30.6 Å². The van der Waals surface area contributed by atoms with Gasteiger partial charge in [0.25, 0.3) is 0 Å². The zero-order valence-corrected chi connectivity index (χ0v) is 10.8. The summed E-state index contributed by atoms with van der Waals surface area (Å²) in [5.74, 6) is 0.396. The number of nitrogens with zero attached hydrogens (tertiary/aromatic N) is 1. The SMILES string of the molecule is CC1COC(CO)CN1C(=O)C1CC2CCC1N2. The number of amides is 1. The monoisotopic (exact) mass is 254 g/mol. The van der Waals surface area contributed by atoms with Crippen LogP contribution in [-0.2, 0) is 9.53 Å². The van der Waals surface area contributed by atoms with Crippen molar-refractivity contribution >= 4 is 5.91 Å². The van der Waals surface area contributed by atoms with Crippen LogP contribution in [-0.4, -0.2) is 59.9 Å². The predicted molar refractivity (Wildman–Crippen MR) is 66.1 cm³/mol. The molecule has 2 N–H and O–H groups in total. The van der Waals surface area contributed by atoms with E-state index in [9.17, 15) is 9.90 Å². The third-order valence-electron chi connectivity index (χ3n) is 4.61. The van der Waals surface area contributed by atoms with Crippen LogP contribution >= 0.6 is 0 Å². The number of nitrogens with one attached hydrogen (secondary N) is 1. The second-order valence-corrected chi connectivity index (χ2v) is 5.87. The van der Waals surface area contributed by atoms with Crippen LogP contribution in [0, 0.1) is 5.92 Å². The van der Waals surface area contributed by atoms with E-state index in [4.69, 9.17) is 4.74 Å². The quantitative estimate of drug-likeness (QED) is 0.712. The van der Waals surface area contributed by atoms with Gasteiger partial charge in [-0.1, -0.05) is 0 Å². The van der Waals surface area contributed by atoms with Crippen molar-refractivity contribution in [1.29, 1.82) is 0 Å². The molecule has 0 aliphatic carbocycles. The van der Waals surface area contributed by atoms with Crippen molar-refractivity contribution in [1.82, 2.24) is 10.2 Å². The van der Waals surface area contributed by atoms with Crippen molar-refractivity contribution in [2.24, 2.45) is 5.92 Å². The van der Waals surface area contributed by atoms with E-state index in [0.717, 1.165) is 12.8 Å². The molecule has 3 fully saturated rings. The summed E-state index contributed by atoms with van der Waals surface area (Å²) in [5.41, 5.74) is 0. The van der Waals surface area contributed by atoms with E-state index in [1.54, 1.807) is 0 Å². The van der Waals surface area contributed by atoms with E-state index in [1.807, 2.05) is 11.8 Å². The molecule has 0 aromatic rings. The van der Waals surface area contributed by atoms with Gasteiger partial charge in [0.15, 0.2) is 0 Å². The van der Waals surface area contributed by atoms with Gasteiger partial charge in [-0.3, -0.25) is 4.79 Å². The first-order chi connectivity index (χ1) is 8.69. The van der Waals surface area contributed by atoms with Crippen molar-refractivity contribution in [2.45, 2.75) is 50.4 Å². The van der Waals surface area contributed by atoms with Crippen molar-refractivity contribution in [3.63, 3.8) is 0 Å². The third kappa shape index (κ3) is 2.04. The van der Waals surface area contributed by atoms with Gasteiger partial charge in [0, 0.05) is 18.6 Å². The molecule has 18 heavy (non-hydrogen) atoms. The average Bonchev–Trinajstić information content (AvgIpc) is 3.01. The van der Waals surface area contributed by atoms with Gasteiger partial charge in [-0.15, -0.1) is 0 Å². The molecular formula is C13H22N2O3. The molecule has 2 bridgehead atoms. The fourth-order valence-electron chi connectivity index (χ4n) is 3.55. The first-order valence-corrected chi connectivity index (χ1v) is 6.98. The standard InChI is InChI=1S/C13H22N2O3/c1-8-7-18-10(6-16)5-15(8)13(17)11-4-9-2-3-12(11)14-9/h8-12,14,16H,2-7H2,1H3. The molecule has 0 spiro atoms. The summed E-state index contributed by atoms with van der Waals surface area (Å²) in [7, 11) is 0. The van der Waals surface area contributed by atoms with Crippen molar-refractivity contribution in [3.05, 3.63) is 0 Å². The molecule has 3 rings (SSSR count). The van der Waals surface area contributed by atoms with Gasteiger partial charge in [-0.25, -0.2) is 0 Å². The van der Waals surface area contributed by atoms with Crippen LogP contribution in [0.4, 0.5) is 0 Å². The average molecular weight is 254 g/mol. The number of fused-ring (bicyclic) bond motifs is 2. The van der Waals surface area contributed by atoms with Gasteiger partial charge < -0.3 is 20.1 Å². The molecule has 102 valence electrons. The number of aliphatic hydroxyl groups is 1. The molecule has 0 saturated carbocycles. The molecule has 3 saturated heterocycles. The summed E-state index contributed by atoms with van der Waals surface area (Å²) in [5, 5.41) is 12.7. The zero-order chi connectivity index (χ0) is 12.7. The van der Waals surface area contributed by atoms with Crippen LogP contribution < -0.4 is 5.32 Å². The molecule has 3 aliphatic rings. The topological polar surface area (TPSA) is 61.8 Å². The highest BCUT2D eigenvalue weighted by atomic mass is 16.5. The van der Waals surface area contributed by atoms with E-state index >= 15 is 0 Å². The fraction of sp³-hybridized carbons (Fsp3) is 0.923. The molecule has 5 unspecified atom stereocenters. The molecule has 1 amide bonds. The van der Waals surface area contributed by atoms with Crippen molar-refractivity contribution < 1.29 is 14.6 Å². The van der Waals surface area contributed by atoms with Gasteiger partial charge in [0.1, 0.15) is 0 Å². The predicted octanol–water partition coefficient (Wildman–Crippen LogP) is -0.265. The number of carbonyl (C=O) groups is 1. The summed E-state index contributed by atoms with van der Waals surface area (Å²) in [6.45, 7) is 3.08. The Labute approximate surface area is 107 Å². The summed E-state index contributed by atoms with van der Waals surface area (Å²) in [4.78, 5) is 14.5. The Morgan fingerprint density at radius 3 is 2.94 bits per heavy atom. The fourth-order valence-corrected chi connectivity index (χ4v) is 3.55. The van der Waals surface area contributed by atoms with E-state index in [2.05, 4.69) is 5.32 Å². The molecule has 5 atom stereocenters. The lowest BCUT2D eigenvalue weighted by atomic mass is 9.87. The third-order valence-corrected chi connectivity index (χ3v) is 4.61. The van der Waals surface area contributed by atoms with E-state index in [0.29, 0.717) is 25.2 Å². The molecule has 5 heteroatoms. The minimum atomic E-state index is -0.211. The van der Waals surface area contributed by atoms with Crippen LogP contribution in [0.15, 0.2) is 0 Å². The Morgan fingerprint density at radius 1 is 1.50 bits per heavy atom. The number of rotatable bonds is 2. The maximum Gasteiger partial charge on any atom is 0.227 e. The minimum Gasteiger partial charge on any atom is -0.394 e. The Morgan fingerprint density at radius 2 is 2.33 bits per heavy atom. The summed E-state index contributed by atoms with van der Waals surface area (Å²) in [6.07, 6.45) is 3.11. The highest BCUT2D eigenvalue weighted by Crippen LogP contribution is 2.35. The van der Waals surface area contributed by atoms with Crippen molar-refractivity contribution in [3.8, 4) is 0 Å². The van der Waals surface area contributed by atoms with E-state index in [1.165, 1.54) is 6.42 Å². The molecule has 5 nitrogen and oxygen atoms in total. The second kappa shape index (κ2) is 4.79. The van der Waals surface area contributed by atoms with Crippen LogP contribution in [0.2, 0.25) is 0 Å². The maximum atomic E-state index is 12.6. The lowest BCUT2D eigenvalue weighted by Crippen LogP contribution is -2.54. The smallest absolute Gasteiger partial charge is 0.227 e. The van der Waals surface area contributed by atoms with Gasteiger partial charge in [0.2, 0.25) is 5.91 Å². The maximum absolute atomic E-state index is 12.6. The minimum absolute atomic E-state index is 0.00846. The molecule has 0 radical (unpaired) electrons. The zero-order valence-electron chi connectivity index (χ0n) is 10.8. The highest BCUT2D eigenvalue weighted by Gasteiger charge is 2.45. The number of hydrogen-bond donors (Lipinski definition) is 2. The molecule has 0 aromatic heterocycles. The Balaban J connectivity index is 1.67. The van der Waals surface area contributed by atoms with Gasteiger partial charge in [-0.2, -0.15) is 0 Å². The van der Waals surface area contributed by atoms with Crippen LogP contribution in [0.25, 0.3) is 0 Å². The second-order valence-electron chi connectivity index (χ2n) is 5.87. The number of ether oxygens (including phenoxy) is 1. The highest BCUT2D eigenvalue weighted by molar-refractivity contribution is 5.80. The van der Waals surface area contributed by atoms with E-state index < -0.39 is 0 Å². The lowest BCUT2D eigenvalue weighted by Gasteiger charge is -2.39. The lowest BCUT2D eigenvalue weighted by molar-refractivity contribution is -0.151.